The van der Waals surface area contributed by atoms with E-state index in [0.717, 1.165) is 34.5 Å². The number of halogens is 2. The van der Waals surface area contributed by atoms with E-state index in [1.54, 1.807) is 6.20 Å². The van der Waals surface area contributed by atoms with Crippen molar-refractivity contribution in [2.24, 2.45) is 0 Å². The first-order chi connectivity index (χ1) is 15.1. The maximum atomic E-state index is 6.42. The number of fused-ring (bicyclic) bond motifs is 1. The Bertz CT molecular complexity index is 960. The van der Waals surface area contributed by atoms with Gasteiger partial charge < -0.3 is 10.1 Å². The van der Waals surface area contributed by atoms with E-state index < -0.39 is 0 Å². The topological polar surface area (TPSA) is 37.4 Å². The van der Waals surface area contributed by atoms with Gasteiger partial charge in [-0.05, 0) is 47.0 Å². The van der Waals surface area contributed by atoms with E-state index in [1.165, 1.54) is 11.1 Å². The maximum Gasteiger partial charge on any atom is 0.138 e. The number of benzene rings is 2. The molecule has 31 heavy (non-hydrogen) atoms. The number of hydrogen-bond acceptors (Lipinski definition) is 5. The molecule has 0 unspecified atom stereocenters. The highest BCUT2D eigenvalue weighted by Crippen LogP contribution is 2.55. The van der Waals surface area contributed by atoms with Crippen LogP contribution in [-0.2, 0) is 11.3 Å². The van der Waals surface area contributed by atoms with E-state index in [4.69, 9.17) is 27.9 Å². The summed E-state index contributed by atoms with van der Waals surface area (Å²) in [5.41, 5.74) is 3.45. The second kappa shape index (κ2) is 9.10. The van der Waals surface area contributed by atoms with Crippen LogP contribution < -0.4 is 5.32 Å². The molecule has 0 amide bonds. The van der Waals surface area contributed by atoms with E-state index in [9.17, 15) is 0 Å². The van der Waals surface area contributed by atoms with Gasteiger partial charge in [0.25, 0.3) is 0 Å². The van der Waals surface area contributed by atoms with Crippen LogP contribution in [0.5, 0.6) is 0 Å². The molecule has 0 spiro atoms. The van der Waals surface area contributed by atoms with Crippen LogP contribution in [0.25, 0.3) is 0 Å². The third-order valence-corrected chi connectivity index (χ3v) is 7.91. The van der Waals surface area contributed by atoms with Crippen LogP contribution in [0.1, 0.15) is 28.3 Å². The van der Waals surface area contributed by atoms with Gasteiger partial charge in [0.1, 0.15) is 6.23 Å². The highest BCUT2D eigenvalue weighted by molar-refractivity contribution is 7.99. The molecule has 1 N–H and O–H groups in total. The van der Waals surface area contributed by atoms with Crippen molar-refractivity contribution in [1.29, 1.82) is 0 Å². The Kier molecular flexibility index (Phi) is 6.24. The highest BCUT2D eigenvalue weighted by atomic mass is 35.5. The van der Waals surface area contributed by atoms with Crippen molar-refractivity contribution in [3.8, 4) is 0 Å². The summed E-state index contributed by atoms with van der Waals surface area (Å²) in [5, 5.41) is 5.33. The van der Waals surface area contributed by atoms with Crippen molar-refractivity contribution < 1.29 is 4.74 Å². The number of thioether (sulfide) groups is 1. The average molecular weight is 472 g/mol. The fourth-order valence-corrected chi connectivity index (χ4v) is 6.24. The minimum atomic E-state index is -0.117. The molecule has 0 radical (unpaired) electrons. The summed E-state index contributed by atoms with van der Waals surface area (Å²) >= 11 is 14.3. The van der Waals surface area contributed by atoms with E-state index in [-0.39, 0.29) is 17.1 Å². The van der Waals surface area contributed by atoms with Gasteiger partial charge in [-0.25, -0.2) is 4.90 Å². The molecule has 160 valence electrons. The summed E-state index contributed by atoms with van der Waals surface area (Å²) in [6, 6.07) is 20.2. The zero-order valence-electron chi connectivity index (χ0n) is 16.9. The largest absolute Gasteiger partial charge is 0.357 e. The molecule has 2 saturated heterocycles. The van der Waals surface area contributed by atoms with E-state index in [0.29, 0.717) is 6.61 Å². The SMILES string of the molecule is Clc1ccc([C@H]2OC[C@@]3(CNCc4cccnc4)CS[C@H](c4ccc(Cl)cc4)N23)cc1. The van der Waals surface area contributed by atoms with Gasteiger partial charge in [-0.15, -0.1) is 11.8 Å². The van der Waals surface area contributed by atoms with Crippen molar-refractivity contribution in [2.75, 3.05) is 18.9 Å². The van der Waals surface area contributed by atoms with E-state index in [2.05, 4.69) is 45.5 Å². The molecule has 0 aliphatic carbocycles. The average Bonchev–Trinajstić information content (AvgIpc) is 3.33. The fraction of sp³-hybridized carbons (Fsp3) is 0.292. The van der Waals surface area contributed by atoms with Crippen LogP contribution >= 0.6 is 35.0 Å². The number of ether oxygens (including phenoxy) is 1. The van der Waals surface area contributed by atoms with Crippen LogP contribution in [0.4, 0.5) is 0 Å². The molecule has 3 aromatic rings. The lowest BCUT2D eigenvalue weighted by Crippen LogP contribution is -2.51. The normalized spacial score (nSPS) is 25.6. The molecule has 1 aromatic heterocycles. The summed E-state index contributed by atoms with van der Waals surface area (Å²) in [7, 11) is 0. The van der Waals surface area contributed by atoms with Gasteiger partial charge in [-0.2, -0.15) is 0 Å². The summed E-state index contributed by atoms with van der Waals surface area (Å²) < 4.78 is 6.42. The third kappa shape index (κ3) is 4.36. The predicted octanol–water partition coefficient (Wildman–Crippen LogP) is 5.69. The first-order valence-electron chi connectivity index (χ1n) is 10.3. The van der Waals surface area contributed by atoms with Gasteiger partial charge in [0.15, 0.2) is 0 Å². The van der Waals surface area contributed by atoms with E-state index >= 15 is 0 Å². The van der Waals surface area contributed by atoms with Gasteiger partial charge in [0.2, 0.25) is 0 Å². The second-order valence-corrected chi connectivity index (χ2v) is 9.97. The van der Waals surface area contributed by atoms with Gasteiger partial charge >= 0.3 is 0 Å². The number of nitrogens with one attached hydrogen (secondary N) is 1. The maximum absolute atomic E-state index is 6.42. The van der Waals surface area contributed by atoms with Crippen molar-refractivity contribution in [3.63, 3.8) is 0 Å². The summed E-state index contributed by atoms with van der Waals surface area (Å²) in [5.74, 6) is 0.990. The number of nitrogens with zero attached hydrogens (tertiary/aromatic N) is 2. The van der Waals surface area contributed by atoms with Gasteiger partial charge in [0.05, 0.1) is 17.5 Å². The molecule has 0 bridgehead atoms. The Morgan fingerprint density at radius 1 is 1.03 bits per heavy atom. The smallest absolute Gasteiger partial charge is 0.138 e. The minimum absolute atomic E-state index is 0.0958. The lowest BCUT2D eigenvalue weighted by atomic mass is 9.99. The van der Waals surface area contributed by atoms with Crippen LogP contribution in [0, 0.1) is 0 Å². The number of rotatable bonds is 6. The van der Waals surface area contributed by atoms with Crippen molar-refractivity contribution in [2.45, 2.75) is 23.7 Å². The molecular weight excluding hydrogens is 449 g/mol. The quantitative estimate of drug-likeness (QED) is 0.499. The molecule has 2 aliphatic rings. The lowest BCUT2D eigenvalue weighted by Gasteiger charge is -2.36. The predicted molar refractivity (Wildman–Crippen MR) is 127 cm³/mol. The first kappa shape index (κ1) is 21.3. The van der Waals surface area contributed by atoms with Gasteiger partial charge in [-0.1, -0.05) is 53.5 Å². The molecule has 2 aliphatic heterocycles. The molecule has 7 heteroatoms. The zero-order valence-corrected chi connectivity index (χ0v) is 19.2. The fourth-order valence-electron chi connectivity index (χ4n) is 4.34. The molecule has 2 aromatic carbocycles. The van der Waals surface area contributed by atoms with E-state index in [1.807, 2.05) is 48.3 Å². The zero-order chi connectivity index (χ0) is 21.3. The standard InChI is InChI=1S/C24H23Cl2N3OS/c25-20-7-3-18(4-8-20)22-29-23(19-5-9-21(26)10-6-19)31-16-24(29,15-30-22)14-28-13-17-2-1-11-27-12-17/h1-12,22-23,28H,13-16H2/t22-,23-,24+/m1/s1. The van der Waals surface area contributed by atoms with Crippen LogP contribution in [0.3, 0.4) is 0 Å². The second-order valence-electron chi connectivity index (χ2n) is 8.03. The molecule has 5 rings (SSSR count). The Morgan fingerprint density at radius 2 is 1.74 bits per heavy atom. The molecule has 2 fully saturated rings. The Labute approximate surface area is 196 Å². The van der Waals surface area contributed by atoms with Crippen molar-refractivity contribution >= 4 is 35.0 Å². The Balaban J connectivity index is 1.42. The monoisotopic (exact) mass is 471 g/mol. The number of pyridine rings is 1. The Morgan fingerprint density at radius 3 is 2.42 bits per heavy atom. The van der Waals surface area contributed by atoms with Gasteiger partial charge in [0, 0.05) is 41.3 Å². The molecule has 3 heterocycles. The van der Waals surface area contributed by atoms with Crippen LogP contribution in [0.15, 0.2) is 73.1 Å². The Hall–Kier alpha value is -1.60. The summed E-state index contributed by atoms with van der Waals surface area (Å²) in [6.07, 6.45) is 3.59. The number of hydrogen-bond donors (Lipinski definition) is 1. The number of aromatic nitrogens is 1. The van der Waals surface area contributed by atoms with Crippen LogP contribution in [0.2, 0.25) is 10.0 Å². The minimum Gasteiger partial charge on any atom is -0.357 e. The lowest BCUT2D eigenvalue weighted by molar-refractivity contribution is 0.0184. The molecule has 0 saturated carbocycles. The summed E-state index contributed by atoms with van der Waals surface area (Å²) in [6.45, 7) is 2.30. The van der Waals surface area contributed by atoms with Crippen molar-refractivity contribution in [3.05, 3.63) is 99.8 Å². The molecule has 4 nitrogen and oxygen atoms in total. The van der Waals surface area contributed by atoms with Crippen LogP contribution in [-0.4, -0.2) is 34.3 Å². The molecular formula is C24H23Cl2N3OS. The molecule has 3 atom stereocenters. The summed E-state index contributed by atoms with van der Waals surface area (Å²) in [4.78, 5) is 6.74. The van der Waals surface area contributed by atoms with Crippen molar-refractivity contribution in [1.82, 2.24) is 15.2 Å². The van der Waals surface area contributed by atoms with Gasteiger partial charge in [-0.3, -0.25) is 4.98 Å². The third-order valence-electron chi connectivity index (χ3n) is 5.89. The highest BCUT2D eigenvalue weighted by Gasteiger charge is 2.55. The first-order valence-corrected chi connectivity index (χ1v) is 12.1.